The van der Waals surface area contributed by atoms with Gasteiger partial charge >= 0.3 is 12.0 Å². The number of carboxylic acids is 1. The summed E-state index contributed by atoms with van der Waals surface area (Å²) in [5.74, 6) is -1.13. The Morgan fingerprint density at radius 3 is 2.00 bits per heavy atom. The summed E-state index contributed by atoms with van der Waals surface area (Å²) in [6.07, 6.45) is 0. The van der Waals surface area contributed by atoms with Gasteiger partial charge < -0.3 is 15.3 Å². The molecule has 0 aliphatic carbocycles. The minimum Gasteiger partial charge on any atom is -0.480 e. The zero-order valence-electron chi connectivity index (χ0n) is 10.7. The summed E-state index contributed by atoms with van der Waals surface area (Å²) in [7, 11) is 0. The van der Waals surface area contributed by atoms with Crippen LogP contribution in [0.5, 0.6) is 0 Å². The third-order valence-electron chi connectivity index (χ3n) is 2.44. The minimum absolute atomic E-state index is 0.0617. The first-order valence-electron chi connectivity index (χ1n) is 5.61. The molecule has 16 heavy (non-hydrogen) atoms. The molecule has 2 amide bonds. The zero-order valence-corrected chi connectivity index (χ0v) is 10.7. The molecule has 0 aliphatic heterocycles. The smallest absolute Gasteiger partial charge is 0.326 e. The van der Waals surface area contributed by atoms with Gasteiger partial charge in [-0.25, -0.2) is 9.59 Å². The number of hydrogen-bond acceptors (Lipinski definition) is 2. The van der Waals surface area contributed by atoms with E-state index in [4.69, 9.17) is 5.11 Å². The summed E-state index contributed by atoms with van der Waals surface area (Å²) in [6, 6.07) is -1.09. The van der Waals surface area contributed by atoms with Crippen LogP contribution in [0.2, 0.25) is 0 Å². The van der Waals surface area contributed by atoms with E-state index >= 15 is 0 Å². The second kappa shape index (κ2) is 6.35. The lowest BCUT2D eigenvalue weighted by molar-refractivity contribution is -0.140. The first-order chi connectivity index (χ1) is 7.31. The molecule has 0 rings (SSSR count). The van der Waals surface area contributed by atoms with E-state index < -0.39 is 12.0 Å². The fraction of sp³-hybridized carbons (Fsp3) is 0.818. The number of nitrogens with zero attached hydrogens (tertiary/aromatic N) is 1. The molecule has 0 fully saturated rings. The third-order valence-corrected chi connectivity index (χ3v) is 2.44. The fourth-order valence-corrected chi connectivity index (χ4v) is 1.47. The number of carbonyl (C=O) groups excluding carboxylic acids is 1. The summed E-state index contributed by atoms with van der Waals surface area (Å²) in [5.41, 5.74) is 0. The van der Waals surface area contributed by atoms with Crippen LogP contribution < -0.4 is 5.32 Å². The molecule has 0 aromatic rings. The van der Waals surface area contributed by atoms with Crippen molar-refractivity contribution in [3.63, 3.8) is 0 Å². The molecule has 5 heteroatoms. The molecular formula is C11H22N2O3. The standard InChI is InChI=1S/C11H22N2O3/c1-6-13(8(4)5)11(16)12-9(7(2)3)10(14)15/h7-9H,6H2,1-5H3,(H,12,16)(H,14,15). The molecule has 1 unspecified atom stereocenters. The maximum absolute atomic E-state index is 11.8. The van der Waals surface area contributed by atoms with E-state index in [1.165, 1.54) is 0 Å². The number of carbonyl (C=O) groups is 2. The average molecular weight is 230 g/mol. The van der Waals surface area contributed by atoms with Crippen LogP contribution in [-0.4, -0.2) is 40.6 Å². The van der Waals surface area contributed by atoms with Crippen LogP contribution in [0, 0.1) is 5.92 Å². The number of aliphatic carboxylic acids is 1. The number of nitrogens with one attached hydrogen (secondary N) is 1. The first-order valence-corrected chi connectivity index (χ1v) is 5.61. The van der Waals surface area contributed by atoms with E-state index in [0.29, 0.717) is 6.54 Å². The molecule has 0 radical (unpaired) electrons. The highest BCUT2D eigenvalue weighted by Crippen LogP contribution is 2.04. The van der Waals surface area contributed by atoms with Gasteiger partial charge in [0.05, 0.1) is 0 Å². The molecule has 0 saturated heterocycles. The van der Waals surface area contributed by atoms with Gasteiger partial charge in [0.25, 0.3) is 0 Å². The van der Waals surface area contributed by atoms with E-state index in [9.17, 15) is 9.59 Å². The SMILES string of the molecule is CCN(C(=O)NC(C(=O)O)C(C)C)C(C)C. The second-order valence-electron chi connectivity index (χ2n) is 4.39. The van der Waals surface area contributed by atoms with Crippen LogP contribution >= 0.6 is 0 Å². The van der Waals surface area contributed by atoms with Gasteiger partial charge in [-0.2, -0.15) is 0 Å². The van der Waals surface area contributed by atoms with Crippen molar-refractivity contribution < 1.29 is 14.7 Å². The molecule has 5 nitrogen and oxygen atoms in total. The van der Waals surface area contributed by atoms with Gasteiger partial charge in [0.1, 0.15) is 6.04 Å². The molecule has 0 heterocycles. The number of urea groups is 1. The minimum atomic E-state index is -0.997. The van der Waals surface area contributed by atoms with Gasteiger partial charge in [0.15, 0.2) is 0 Å². The highest BCUT2D eigenvalue weighted by Gasteiger charge is 2.26. The summed E-state index contributed by atoms with van der Waals surface area (Å²) < 4.78 is 0. The van der Waals surface area contributed by atoms with Gasteiger partial charge in [-0.3, -0.25) is 0 Å². The Hall–Kier alpha value is -1.26. The normalized spacial score (nSPS) is 12.7. The molecule has 0 aromatic heterocycles. The van der Waals surface area contributed by atoms with Crippen molar-refractivity contribution in [2.75, 3.05) is 6.54 Å². The quantitative estimate of drug-likeness (QED) is 0.752. The van der Waals surface area contributed by atoms with Crippen LogP contribution in [0.25, 0.3) is 0 Å². The first kappa shape index (κ1) is 14.7. The molecule has 0 saturated carbocycles. The van der Waals surface area contributed by atoms with Crippen molar-refractivity contribution in [2.45, 2.75) is 46.7 Å². The monoisotopic (exact) mass is 230 g/mol. The summed E-state index contributed by atoms with van der Waals surface area (Å²) >= 11 is 0. The summed E-state index contributed by atoms with van der Waals surface area (Å²) in [6.45, 7) is 9.76. The third kappa shape index (κ3) is 4.08. The van der Waals surface area contributed by atoms with Crippen molar-refractivity contribution in [1.82, 2.24) is 10.2 Å². The fourth-order valence-electron chi connectivity index (χ4n) is 1.47. The Morgan fingerprint density at radius 1 is 1.25 bits per heavy atom. The molecule has 1 atom stereocenters. The Kier molecular flexibility index (Phi) is 5.85. The number of rotatable bonds is 5. The Labute approximate surface area is 96.8 Å². The van der Waals surface area contributed by atoms with Crippen molar-refractivity contribution in [1.29, 1.82) is 0 Å². The Bertz CT molecular complexity index is 252. The molecule has 0 spiro atoms. The van der Waals surface area contributed by atoms with Crippen molar-refractivity contribution in [3.8, 4) is 0 Å². The largest absolute Gasteiger partial charge is 0.480 e. The van der Waals surface area contributed by atoms with Crippen LogP contribution in [-0.2, 0) is 4.79 Å². The van der Waals surface area contributed by atoms with Gasteiger partial charge in [-0.1, -0.05) is 13.8 Å². The molecule has 2 N–H and O–H groups in total. The van der Waals surface area contributed by atoms with Gasteiger partial charge in [-0.15, -0.1) is 0 Å². The average Bonchev–Trinajstić information content (AvgIpc) is 2.13. The molecule has 94 valence electrons. The van der Waals surface area contributed by atoms with Crippen LogP contribution in [0.15, 0.2) is 0 Å². The van der Waals surface area contributed by atoms with Crippen molar-refractivity contribution in [2.24, 2.45) is 5.92 Å². The Morgan fingerprint density at radius 2 is 1.75 bits per heavy atom. The van der Waals surface area contributed by atoms with E-state index in [-0.39, 0.29) is 18.0 Å². The second-order valence-corrected chi connectivity index (χ2v) is 4.39. The summed E-state index contributed by atoms with van der Waals surface area (Å²) in [5, 5.41) is 11.5. The lowest BCUT2D eigenvalue weighted by atomic mass is 10.1. The van der Waals surface area contributed by atoms with Gasteiger partial charge in [0.2, 0.25) is 0 Å². The van der Waals surface area contributed by atoms with Gasteiger partial charge in [-0.05, 0) is 26.7 Å². The van der Waals surface area contributed by atoms with Crippen LogP contribution in [0.1, 0.15) is 34.6 Å². The number of carboxylic acid groups (broad SMARTS) is 1. The zero-order chi connectivity index (χ0) is 12.9. The van der Waals surface area contributed by atoms with Gasteiger partial charge in [0, 0.05) is 12.6 Å². The van der Waals surface area contributed by atoms with E-state index in [1.54, 1.807) is 18.7 Å². The van der Waals surface area contributed by atoms with E-state index in [0.717, 1.165) is 0 Å². The number of hydrogen-bond donors (Lipinski definition) is 2. The molecule has 0 aromatic carbocycles. The van der Waals surface area contributed by atoms with Crippen molar-refractivity contribution >= 4 is 12.0 Å². The summed E-state index contributed by atoms with van der Waals surface area (Å²) in [4.78, 5) is 24.3. The van der Waals surface area contributed by atoms with Crippen LogP contribution in [0.4, 0.5) is 4.79 Å². The highest BCUT2D eigenvalue weighted by atomic mass is 16.4. The predicted octanol–water partition coefficient (Wildman–Crippen LogP) is 1.54. The van der Waals surface area contributed by atoms with Crippen molar-refractivity contribution in [3.05, 3.63) is 0 Å². The van der Waals surface area contributed by atoms with E-state index in [1.807, 2.05) is 20.8 Å². The lowest BCUT2D eigenvalue weighted by Crippen LogP contribution is -2.51. The van der Waals surface area contributed by atoms with E-state index in [2.05, 4.69) is 5.32 Å². The maximum atomic E-state index is 11.8. The molecule has 0 aliphatic rings. The maximum Gasteiger partial charge on any atom is 0.326 e. The molecule has 0 bridgehead atoms. The highest BCUT2D eigenvalue weighted by molar-refractivity contribution is 5.82. The molecular weight excluding hydrogens is 208 g/mol. The Balaban J connectivity index is 4.56. The predicted molar refractivity (Wildman–Crippen MR) is 62.3 cm³/mol. The lowest BCUT2D eigenvalue weighted by Gasteiger charge is -2.28. The van der Waals surface area contributed by atoms with Crippen LogP contribution in [0.3, 0.4) is 0 Å². The number of amides is 2. The topological polar surface area (TPSA) is 69.6 Å².